The number of aromatic hydroxyl groups is 1. The van der Waals surface area contributed by atoms with E-state index in [9.17, 15) is 9.90 Å². The van der Waals surface area contributed by atoms with Crippen molar-refractivity contribution in [2.24, 2.45) is 0 Å². The monoisotopic (exact) mass is 293 g/mol. The molecule has 0 aliphatic rings. The molecule has 1 aromatic carbocycles. The summed E-state index contributed by atoms with van der Waals surface area (Å²) in [5.74, 6) is -0.232. The lowest BCUT2D eigenvalue weighted by atomic mass is 10.1. The Morgan fingerprint density at radius 3 is 2.91 bits per heavy atom. The Morgan fingerprint density at radius 1 is 1.36 bits per heavy atom. The molecule has 0 unspecified atom stereocenters. The molecular formula is C17H15N3O2. The van der Waals surface area contributed by atoms with Crippen LogP contribution in [0.15, 0.2) is 54.4 Å². The largest absolute Gasteiger partial charge is 0.508 e. The second kappa shape index (κ2) is 7.60. The molecule has 0 atom stereocenters. The lowest BCUT2D eigenvalue weighted by Gasteiger charge is -2.05. The van der Waals surface area contributed by atoms with E-state index >= 15 is 0 Å². The van der Waals surface area contributed by atoms with Gasteiger partial charge in [0.2, 0.25) is 0 Å². The third kappa shape index (κ3) is 4.46. The van der Waals surface area contributed by atoms with Gasteiger partial charge < -0.3 is 10.4 Å². The van der Waals surface area contributed by atoms with Crippen molar-refractivity contribution in [3.63, 3.8) is 0 Å². The molecule has 1 aromatic heterocycles. The lowest BCUT2D eigenvalue weighted by Crippen LogP contribution is -2.26. The molecule has 0 fully saturated rings. The summed E-state index contributed by atoms with van der Waals surface area (Å²) in [4.78, 5) is 15.9. The average molecular weight is 293 g/mol. The first-order valence-electron chi connectivity index (χ1n) is 6.77. The first-order valence-corrected chi connectivity index (χ1v) is 6.77. The van der Waals surface area contributed by atoms with E-state index < -0.39 is 5.91 Å². The number of rotatable bonds is 5. The fourth-order valence-corrected chi connectivity index (χ4v) is 1.90. The Balaban J connectivity index is 1.93. The van der Waals surface area contributed by atoms with E-state index in [2.05, 4.69) is 10.3 Å². The van der Waals surface area contributed by atoms with Gasteiger partial charge in [0.05, 0.1) is 0 Å². The van der Waals surface area contributed by atoms with Gasteiger partial charge in [0, 0.05) is 18.9 Å². The molecule has 0 aliphatic heterocycles. The highest BCUT2D eigenvalue weighted by Crippen LogP contribution is 2.11. The zero-order valence-corrected chi connectivity index (χ0v) is 11.9. The highest BCUT2D eigenvalue weighted by molar-refractivity contribution is 6.01. The van der Waals surface area contributed by atoms with E-state index in [1.165, 1.54) is 6.08 Å². The van der Waals surface area contributed by atoms with Crippen LogP contribution in [0.3, 0.4) is 0 Å². The fourth-order valence-electron chi connectivity index (χ4n) is 1.90. The molecule has 0 saturated carbocycles. The molecule has 2 N–H and O–H groups in total. The molecule has 2 rings (SSSR count). The predicted octanol–water partition coefficient (Wildman–Crippen LogP) is 2.05. The number of phenolic OH excluding ortho intramolecular Hbond substituents is 1. The highest BCUT2D eigenvalue weighted by Gasteiger charge is 2.08. The molecule has 1 heterocycles. The number of benzene rings is 1. The summed E-state index contributed by atoms with van der Waals surface area (Å²) in [5.41, 5.74) is 1.64. The maximum atomic E-state index is 12.0. The Hall–Kier alpha value is -3.13. The molecule has 0 aliphatic carbocycles. The van der Waals surface area contributed by atoms with Crippen LogP contribution in [0.25, 0.3) is 6.08 Å². The molecule has 110 valence electrons. The number of carbonyl (C=O) groups excluding carboxylic acids is 1. The third-order valence-corrected chi connectivity index (χ3v) is 2.97. The van der Waals surface area contributed by atoms with Crippen molar-refractivity contribution < 1.29 is 9.90 Å². The number of carbonyl (C=O) groups is 1. The number of phenols is 1. The minimum absolute atomic E-state index is 0.0314. The van der Waals surface area contributed by atoms with Gasteiger partial charge in [-0.15, -0.1) is 0 Å². The summed E-state index contributed by atoms with van der Waals surface area (Å²) in [5, 5.41) is 21.1. The van der Waals surface area contributed by atoms with Gasteiger partial charge in [0.25, 0.3) is 5.91 Å². The maximum absolute atomic E-state index is 12.0. The number of nitriles is 1. The van der Waals surface area contributed by atoms with Crippen LogP contribution < -0.4 is 5.32 Å². The Kier molecular flexibility index (Phi) is 5.27. The summed E-state index contributed by atoms with van der Waals surface area (Å²) in [6.45, 7) is 0.383. The minimum Gasteiger partial charge on any atom is -0.508 e. The van der Waals surface area contributed by atoms with E-state index in [-0.39, 0.29) is 11.3 Å². The van der Waals surface area contributed by atoms with Crippen molar-refractivity contribution in [2.75, 3.05) is 6.54 Å². The summed E-state index contributed by atoms with van der Waals surface area (Å²) >= 11 is 0. The normalized spacial score (nSPS) is 10.8. The molecule has 0 bridgehead atoms. The lowest BCUT2D eigenvalue weighted by molar-refractivity contribution is -0.117. The first kappa shape index (κ1) is 15.3. The van der Waals surface area contributed by atoms with Gasteiger partial charge in [0.1, 0.15) is 17.4 Å². The topological polar surface area (TPSA) is 86.0 Å². The molecule has 5 nitrogen and oxygen atoms in total. The van der Waals surface area contributed by atoms with Gasteiger partial charge in [-0.2, -0.15) is 5.26 Å². The number of hydrogen-bond donors (Lipinski definition) is 2. The molecule has 1 amide bonds. The standard InChI is InChI=1S/C17H15N3O2/c18-11-15(9-14-4-2-7-19-12-14)17(22)20-8-6-13-3-1-5-16(21)10-13/h1-5,7,9-10,12,21H,6,8H2,(H,20,22)/b15-9+. The number of nitrogens with one attached hydrogen (secondary N) is 1. The van der Waals surface area contributed by atoms with Gasteiger partial charge >= 0.3 is 0 Å². The highest BCUT2D eigenvalue weighted by atomic mass is 16.3. The number of pyridine rings is 1. The smallest absolute Gasteiger partial charge is 0.261 e. The average Bonchev–Trinajstić information content (AvgIpc) is 2.53. The van der Waals surface area contributed by atoms with Crippen LogP contribution in [0.5, 0.6) is 5.75 Å². The molecule has 0 spiro atoms. The van der Waals surface area contributed by atoms with Crippen LogP contribution >= 0.6 is 0 Å². The molecular weight excluding hydrogens is 278 g/mol. The van der Waals surface area contributed by atoms with Crippen LogP contribution in [-0.2, 0) is 11.2 Å². The quantitative estimate of drug-likeness (QED) is 0.652. The molecule has 0 saturated heterocycles. The minimum atomic E-state index is -0.425. The van der Waals surface area contributed by atoms with Gasteiger partial charge in [0.15, 0.2) is 0 Å². The number of hydrogen-bond acceptors (Lipinski definition) is 4. The van der Waals surface area contributed by atoms with Gasteiger partial charge in [-0.3, -0.25) is 9.78 Å². The van der Waals surface area contributed by atoms with Crippen LogP contribution in [-0.4, -0.2) is 22.5 Å². The molecule has 22 heavy (non-hydrogen) atoms. The first-order chi connectivity index (χ1) is 10.7. The van der Waals surface area contributed by atoms with E-state index in [0.717, 1.165) is 5.56 Å². The summed E-state index contributed by atoms with van der Waals surface area (Å²) in [6, 6.07) is 12.2. The van der Waals surface area contributed by atoms with Crippen molar-refractivity contribution >= 4 is 12.0 Å². The van der Waals surface area contributed by atoms with Gasteiger partial charge in [-0.05, 0) is 41.8 Å². The number of amides is 1. The molecule has 2 aromatic rings. The van der Waals surface area contributed by atoms with Crippen LogP contribution in [0, 0.1) is 11.3 Å². The summed E-state index contributed by atoms with van der Waals surface area (Å²) in [7, 11) is 0. The Bertz CT molecular complexity index is 718. The Labute approximate surface area is 128 Å². The number of nitrogens with zero attached hydrogens (tertiary/aromatic N) is 2. The predicted molar refractivity (Wildman–Crippen MR) is 82.6 cm³/mol. The van der Waals surface area contributed by atoms with Gasteiger partial charge in [-0.25, -0.2) is 0 Å². The SMILES string of the molecule is N#C/C(=C\c1cccnc1)C(=O)NCCc1cccc(O)c1. The van der Waals surface area contributed by atoms with Crippen LogP contribution in [0.2, 0.25) is 0 Å². The zero-order chi connectivity index (χ0) is 15.8. The number of aromatic nitrogens is 1. The van der Waals surface area contributed by atoms with E-state index in [0.29, 0.717) is 18.5 Å². The van der Waals surface area contributed by atoms with Crippen LogP contribution in [0.4, 0.5) is 0 Å². The third-order valence-electron chi connectivity index (χ3n) is 2.97. The molecule has 0 radical (unpaired) electrons. The maximum Gasteiger partial charge on any atom is 0.261 e. The van der Waals surface area contributed by atoms with Crippen molar-refractivity contribution in [3.8, 4) is 11.8 Å². The van der Waals surface area contributed by atoms with Crippen LogP contribution in [0.1, 0.15) is 11.1 Å². The van der Waals surface area contributed by atoms with E-state index in [1.807, 2.05) is 12.1 Å². The molecule has 5 heteroatoms. The van der Waals surface area contributed by atoms with Crippen molar-refractivity contribution in [3.05, 3.63) is 65.5 Å². The Morgan fingerprint density at radius 2 is 2.23 bits per heavy atom. The second-order valence-electron chi connectivity index (χ2n) is 4.63. The van der Waals surface area contributed by atoms with Crippen molar-refractivity contribution in [1.29, 1.82) is 5.26 Å². The van der Waals surface area contributed by atoms with Crippen molar-refractivity contribution in [2.45, 2.75) is 6.42 Å². The summed E-state index contributed by atoms with van der Waals surface area (Å²) < 4.78 is 0. The van der Waals surface area contributed by atoms with Crippen molar-refractivity contribution in [1.82, 2.24) is 10.3 Å². The van der Waals surface area contributed by atoms with Gasteiger partial charge in [-0.1, -0.05) is 18.2 Å². The second-order valence-corrected chi connectivity index (χ2v) is 4.63. The van der Waals surface area contributed by atoms with E-state index in [4.69, 9.17) is 5.26 Å². The zero-order valence-electron chi connectivity index (χ0n) is 11.9. The van der Waals surface area contributed by atoms with E-state index in [1.54, 1.807) is 42.7 Å². The fraction of sp³-hybridized carbons (Fsp3) is 0.118. The summed E-state index contributed by atoms with van der Waals surface area (Å²) in [6.07, 6.45) is 5.28.